The van der Waals surface area contributed by atoms with Gasteiger partial charge in [0, 0.05) is 12.3 Å². The summed E-state index contributed by atoms with van der Waals surface area (Å²) < 4.78 is 5.19. The predicted octanol–water partition coefficient (Wildman–Crippen LogP) is 1.82. The molecule has 0 aromatic carbocycles. The van der Waals surface area contributed by atoms with Gasteiger partial charge in [0.1, 0.15) is 0 Å². The van der Waals surface area contributed by atoms with E-state index in [2.05, 4.69) is 19.0 Å². The molecule has 0 N–H and O–H groups in total. The van der Waals surface area contributed by atoms with Crippen molar-refractivity contribution in [1.82, 2.24) is 0 Å². The van der Waals surface area contributed by atoms with E-state index in [4.69, 9.17) is 9.57 Å². The molecule has 0 amide bonds. The van der Waals surface area contributed by atoms with Gasteiger partial charge in [-0.3, -0.25) is 0 Å². The summed E-state index contributed by atoms with van der Waals surface area (Å²) in [6.07, 6.45) is 2.30. The average molecular weight is 183 g/mol. The summed E-state index contributed by atoms with van der Waals surface area (Å²) >= 11 is 0. The first kappa shape index (κ1) is 9.00. The Labute approximate surface area is 79.1 Å². The van der Waals surface area contributed by atoms with Crippen LogP contribution in [0.5, 0.6) is 0 Å². The molecule has 0 bridgehead atoms. The highest BCUT2D eigenvalue weighted by atomic mass is 16.7. The first-order valence-corrected chi connectivity index (χ1v) is 5.07. The van der Waals surface area contributed by atoms with E-state index in [1.54, 1.807) is 0 Å². The smallest absolute Gasteiger partial charge is 0.152 e. The first-order valence-electron chi connectivity index (χ1n) is 5.07. The maximum absolute atomic E-state index is 5.39. The molecular weight excluding hydrogens is 166 g/mol. The molecule has 3 heteroatoms. The lowest BCUT2D eigenvalue weighted by Crippen LogP contribution is -2.33. The Kier molecular flexibility index (Phi) is 2.54. The van der Waals surface area contributed by atoms with Crippen LogP contribution in [0, 0.1) is 11.8 Å². The Morgan fingerprint density at radius 1 is 1.46 bits per heavy atom. The van der Waals surface area contributed by atoms with Crippen molar-refractivity contribution >= 4 is 5.71 Å². The Morgan fingerprint density at radius 2 is 2.31 bits per heavy atom. The summed E-state index contributed by atoms with van der Waals surface area (Å²) in [6, 6.07) is 0. The number of rotatable bonds is 2. The van der Waals surface area contributed by atoms with Gasteiger partial charge in [0.15, 0.2) is 6.10 Å². The SMILES string of the molecule is CC1C/C(=N\OC2CCOC2)C1C. The summed E-state index contributed by atoms with van der Waals surface area (Å²) in [5.41, 5.74) is 1.22. The molecule has 1 heterocycles. The van der Waals surface area contributed by atoms with Gasteiger partial charge in [-0.1, -0.05) is 19.0 Å². The van der Waals surface area contributed by atoms with Crippen molar-refractivity contribution in [3.05, 3.63) is 0 Å². The van der Waals surface area contributed by atoms with Crippen LogP contribution in [0.3, 0.4) is 0 Å². The van der Waals surface area contributed by atoms with Crippen molar-refractivity contribution in [1.29, 1.82) is 0 Å². The summed E-state index contributed by atoms with van der Waals surface area (Å²) in [5, 5.41) is 4.18. The van der Waals surface area contributed by atoms with Gasteiger partial charge in [0.2, 0.25) is 0 Å². The molecule has 2 aliphatic rings. The maximum atomic E-state index is 5.39. The maximum Gasteiger partial charge on any atom is 0.152 e. The monoisotopic (exact) mass is 183 g/mol. The van der Waals surface area contributed by atoms with Gasteiger partial charge in [-0.2, -0.15) is 0 Å². The van der Waals surface area contributed by atoms with Crippen LogP contribution in [0.1, 0.15) is 26.7 Å². The highest BCUT2D eigenvalue weighted by Gasteiger charge is 2.31. The summed E-state index contributed by atoms with van der Waals surface area (Å²) in [7, 11) is 0. The zero-order valence-electron chi connectivity index (χ0n) is 8.32. The summed E-state index contributed by atoms with van der Waals surface area (Å²) in [6.45, 7) is 5.99. The third-order valence-corrected chi connectivity index (χ3v) is 3.12. The minimum Gasteiger partial charge on any atom is -0.390 e. The van der Waals surface area contributed by atoms with Gasteiger partial charge >= 0.3 is 0 Å². The van der Waals surface area contributed by atoms with E-state index in [1.165, 1.54) is 5.71 Å². The first-order chi connectivity index (χ1) is 6.27. The van der Waals surface area contributed by atoms with Crippen LogP contribution < -0.4 is 0 Å². The zero-order valence-corrected chi connectivity index (χ0v) is 8.32. The lowest BCUT2D eigenvalue weighted by molar-refractivity contribution is 0.0441. The standard InChI is InChI=1S/C10H17NO2/c1-7-5-10(8(7)2)11-13-9-3-4-12-6-9/h7-9H,3-6H2,1-2H3/b11-10+. The van der Waals surface area contributed by atoms with Crippen molar-refractivity contribution in [2.24, 2.45) is 17.0 Å². The molecule has 74 valence electrons. The molecule has 3 unspecified atom stereocenters. The fourth-order valence-electron chi connectivity index (χ4n) is 1.72. The van der Waals surface area contributed by atoms with Crippen LogP contribution in [0.4, 0.5) is 0 Å². The molecule has 2 rings (SSSR count). The van der Waals surface area contributed by atoms with Crippen molar-refractivity contribution in [2.45, 2.75) is 32.8 Å². The molecule has 0 aromatic heterocycles. The average Bonchev–Trinajstić information content (AvgIpc) is 2.64. The van der Waals surface area contributed by atoms with Crippen molar-refractivity contribution in [2.75, 3.05) is 13.2 Å². The molecule has 1 saturated carbocycles. The van der Waals surface area contributed by atoms with Gasteiger partial charge in [-0.25, -0.2) is 0 Å². The number of hydrogen-bond acceptors (Lipinski definition) is 3. The highest BCUT2D eigenvalue weighted by molar-refractivity contribution is 5.91. The number of oxime groups is 1. The van der Waals surface area contributed by atoms with E-state index in [-0.39, 0.29) is 6.10 Å². The second kappa shape index (κ2) is 3.66. The highest BCUT2D eigenvalue weighted by Crippen LogP contribution is 2.30. The third-order valence-electron chi connectivity index (χ3n) is 3.12. The zero-order chi connectivity index (χ0) is 9.26. The number of ether oxygens (including phenoxy) is 1. The molecule has 3 atom stereocenters. The van der Waals surface area contributed by atoms with Crippen LogP contribution in [0.25, 0.3) is 0 Å². The van der Waals surface area contributed by atoms with E-state index in [0.29, 0.717) is 12.5 Å². The van der Waals surface area contributed by atoms with Crippen molar-refractivity contribution in [3.8, 4) is 0 Å². The van der Waals surface area contributed by atoms with Crippen LogP contribution >= 0.6 is 0 Å². The van der Waals surface area contributed by atoms with Gasteiger partial charge < -0.3 is 9.57 Å². The van der Waals surface area contributed by atoms with E-state index < -0.39 is 0 Å². The number of hydrogen-bond donors (Lipinski definition) is 0. The molecule has 1 aliphatic heterocycles. The van der Waals surface area contributed by atoms with E-state index in [0.717, 1.165) is 25.4 Å². The minimum atomic E-state index is 0.204. The molecular formula is C10H17NO2. The Morgan fingerprint density at radius 3 is 2.85 bits per heavy atom. The lowest BCUT2D eigenvalue weighted by Gasteiger charge is -2.32. The quantitative estimate of drug-likeness (QED) is 0.611. The Balaban J connectivity index is 1.77. The largest absolute Gasteiger partial charge is 0.390 e. The van der Waals surface area contributed by atoms with Crippen LogP contribution in [0.15, 0.2) is 5.16 Å². The molecule has 1 saturated heterocycles. The second-order valence-corrected chi connectivity index (χ2v) is 4.14. The van der Waals surface area contributed by atoms with Crippen LogP contribution in [0.2, 0.25) is 0 Å². The summed E-state index contributed by atoms with van der Waals surface area (Å²) in [5.74, 6) is 1.39. The van der Waals surface area contributed by atoms with E-state index >= 15 is 0 Å². The van der Waals surface area contributed by atoms with Crippen LogP contribution in [-0.2, 0) is 9.57 Å². The lowest BCUT2D eigenvalue weighted by atomic mass is 9.74. The number of nitrogens with zero attached hydrogens (tertiary/aromatic N) is 1. The molecule has 1 aliphatic carbocycles. The van der Waals surface area contributed by atoms with Crippen molar-refractivity contribution < 1.29 is 9.57 Å². The molecule has 0 aromatic rings. The third kappa shape index (κ3) is 1.85. The minimum absolute atomic E-state index is 0.204. The summed E-state index contributed by atoms with van der Waals surface area (Å²) in [4.78, 5) is 5.39. The van der Waals surface area contributed by atoms with E-state index in [9.17, 15) is 0 Å². The molecule has 13 heavy (non-hydrogen) atoms. The van der Waals surface area contributed by atoms with Crippen LogP contribution in [-0.4, -0.2) is 25.0 Å². The van der Waals surface area contributed by atoms with E-state index in [1.807, 2.05) is 0 Å². The molecule has 3 nitrogen and oxygen atoms in total. The second-order valence-electron chi connectivity index (χ2n) is 4.14. The van der Waals surface area contributed by atoms with Gasteiger partial charge in [0.05, 0.1) is 18.9 Å². The topological polar surface area (TPSA) is 30.8 Å². The fourth-order valence-corrected chi connectivity index (χ4v) is 1.72. The fraction of sp³-hybridized carbons (Fsp3) is 0.900. The van der Waals surface area contributed by atoms with Gasteiger partial charge in [0.25, 0.3) is 0 Å². The van der Waals surface area contributed by atoms with Gasteiger partial charge in [-0.15, -0.1) is 0 Å². The van der Waals surface area contributed by atoms with Crippen molar-refractivity contribution in [3.63, 3.8) is 0 Å². The Bertz CT molecular complexity index is 209. The molecule has 2 fully saturated rings. The normalized spacial score (nSPS) is 42.0. The molecule has 0 spiro atoms. The predicted molar refractivity (Wildman–Crippen MR) is 50.7 cm³/mol. The van der Waals surface area contributed by atoms with Gasteiger partial charge in [-0.05, 0) is 12.3 Å². The Hall–Kier alpha value is -0.570. The molecule has 0 radical (unpaired) electrons.